The molecule has 0 radical (unpaired) electrons. The molecule has 0 heterocycles. The first-order chi connectivity index (χ1) is 10.5. The van der Waals surface area contributed by atoms with Crippen LogP contribution in [-0.4, -0.2) is 18.4 Å². The van der Waals surface area contributed by atoms with Gasteiger partial charge in [-0.3, -0.25) is 9.59 Å². The number of ether oxygens (including phenoxy) is 1. The SMILES string of the molecule is NC(=O)COc1ccc(NC(=O)c2ccc(F)cc2Cl)cc1. The Bertz CT molecular complexity index is 704. The van der Waals surface area contributed by atoms with Crippen LogP contribution < -0.4 is 15.8 Å². The zero-order chi connectivity index (χ0) is 16.1. The van der Waals surface area contributed by atoms with E-state index in [1.54, 1.807) is 24.3 Å². The van der Waals surface area contributed by atoms with Crippen molar-refractivity contribution < 1.29 is 18.7 Å². The Morgan fingerprint density at radius 1 is 1.18 bits per heavy atom. The Labute approximate surface area is 130 Å². The number of hydrogen-bond acceptors (Lipinski definition) is 3. The van der Waals surface area contributed by atoms with Crippen molar-refractivity contribution in [2.24, 2.45) is 5.73 Å². The van der Waals surface area contributed by atoms with E-state index in [4.69, 9.17) is 22.1 Å². The molecule has 2 rings (SSSR count). The Kier molecular flexibility index (Phi) is 4.95. The highest BCUT2D eigenvalue weighted by molar-refractivity contribution is 6.34. The summed E-state index contributed by atoms with van der Waals surface area (Å²) in [7, 11) is 0. The summed E-state index contributed by atoms with van der Waals surface area (Å²) in [5.41, 5.74) is 5.63. The van der Waals surface area contributed by atoms with Crippen LogP contribution in [0.4, 0.5) is 10.1 Å². The van der Waals surface area contributed by atoms with E-state index in [2.05, 4.69) is 5.32 Å². The molecule has 0 aliphatic rings. The number of benzene rings is 2. The number of rotatable bonds is 5. The fraction of sp³-hybridized carbons (Fsp3) is 0.0667. The lowest BCUT2D eigenvalue weighted by atomic mass is 10.2. The second-order valence-corrected chi connectivity index (χ2v) is 4.76. The van der Waals surface area contributed by atoms with Gasteiger partial charge in [-0.25, -0.2) is 4.39 Å². The molecule has 0 saturated carbocycles. The molecule has 0 aliphatic heterocycles. The average Bonchev–Trinajstić information content (AvgIpc) is 2.46. The van der Waals surface area contributed by atoms with Gasteiger partial charge in [0.15, 0.2) is 6.61 Å². The number of hydrogen-bond donors (Lipinski definition) is 2. The molecule has 0 bridgehead atoms. The van der Waals surface area contributed by atoms with Crippen LogP contribution in [0.5, 0.6) is 5.75 Å². The molecule has 114 valence electrons. The first kappa shape index (κ1) is 15.8. The van der Waals surface area contributed by atoms with E-state index in [0.717, 1.165) is 12.1 Å². The van der Waals surface area contributed by atoms with Crippen LogP contribution in [0.15, 0.2) is 42.5 Å². The normalized spacial score (nSPS) is 10.1. The van der Waals surface area contributed by atoms with Crippen LogP contribution >= 0.6 is 11.6 Å². The van der Waals surface area contributed by atoms with Crippen molar-refractivity contribution in [1.82, 2.24) is 0 Å². The van der Waals surface area contributed by atoms with E-state index in [1.807, 2.05) is 0 Å². The number of carbonyl (C=O) groups is 2. The van der Waals surface area contributed by atoms with Crippen LogP contribution in [-0.2, 0) is 4.79 Å². The molecule has 0 fully saturated rings. The summed E-state index contributed by atoms with van der Waals surface area (Å²) in [6.07, 6.45) is 0. The van der Waals surface area contributed by atoms with Gasteiger partial charge in [0.1, 0.15) is 11.6 Å². The van der Waals surface area contributed by atoms with E-state index < -0.39 is 17.6 Å². The maximum absolute atomic E-state index is 12.9. The van der Waals surface area contributed by atoms with E-state index in [0.29, 0.717) is 11.4 Å². The van der Waals surface area contributed by atoms with Gasteiger partial charge in [0.05, 0.1) is 10.6 Å². The summed E-state index contributed by atoms with van der Waals surface area (Å²) >= 11 is 5.82. The highest BCUT2D eigenvalue weighted by atomic mass is 35.5. The number of carbonyl (C=O) groups excluding carboxylic acids is 2. The second-order valence-electron chi connectivity index (χ2n) is 4.36. The molecule has 22 heavy (non-hydrogen) atoms. The molecule has 7 heteroatoms. The fourth-order valence-corrected chi connectivity index (χ4v) is 1.91. The van der Waals surface area contributed by atoms with Crippen LogP contribution in [0.3, 0.4) is 0 Å². The molecule has 0 aliphatic carbocycles. The lowest BCUT2D eigenvalue weighted by Crippen LogP contribution is -2.20. The molecule has 0 saturated heterocycles. The third-order valence-electron chi connectivity index (χ3n) is 2.67. The number of nitrogens with two attached hydrogens (primary N) is 1. The zero-order valence-electron chi connectivity index (χ0n) is 11.3. The Hall–Kier alpha value is -2.60. The van der Waals surface area contributed by atoms with Gasteiger partial charge in [-0.15, -0.1) is 0 Å². The van der Waals surface area contributed by atoms with Crippen molar-refractivity contribution in [2.75, 3.05) is 11.9 Å². The van der Waals surface area contributed by atoms with Crippen molar-refractivity contribution in [3.63, 3.8) is 0 Å². The van der Waals surface area contributed by atoms with Gasteiger partial charge >= 0.3 is 0 Å². The molecule has 5 nitrogen and oxygen atoms in total. The Morgan fingerprint density at radius 3 is 2.45 bits per heavy atom. The van der Waals surface area contributed by atoms with Crippen LogP contribution in [0.1, 0.15) is 10.4 Å². The van der Waals surface area contributed by atoms with Gasteiger partial charge in [-0.2, -0.15) is 0 Å². The molecule has 3 N–H and O–H groups in total. The largest absolute Gasteiger partial charge is 0.484 e. The summed E-state index contributed by atoms with van der Waals surface area (Å²) in [6.45, 7) is -0.225. The highest BCUT2D eigenvalue weighted by Gasteiger charge is 2.11. The topological polar surface area (TPSA) is 81.4 Å². The third-order valence-corrected chi connectivity index (χ3v) is 2.98. The molecular formula is C15H12ClFN2O3. The van der Waals surface area contributed by atoms with E-state index >= 15 is 0 Å². The molecule has 0 spiro atoms. The minimum absolute atomic E-state index is 0.0268. The van der Waals surface area contributed by atoms with Gasteiger partial charge in [-0.1, -0.05) is 11.6 Å². The third kappa shape index (κ3) is 4.20. The van der Waals surface area contributed by atoms with Crippen LogP contribution in [0.2, 0.25) is 5.02 Å². The summed E-state index contributed by atoms with van der Waals surface area (Å²) < 4.78 is 18.0. The Balaban J connectivity index is 2.04. The summed E-state index contributed by atoms with van der Waals surface area (Å²) in [5.74, 6) is -1.12. The standard InChI is InChI=1S/C15H12ClFN2O3/c16-13-7-9(17)1-6-12(13)15(21)19-10-2-4-11(5-3-10)22-8-14(18)20/h1-7H,8H2,(H2,18,20)(H,19,21). The predicted octanol–water partition coefficient (Wildman–Crippen LogP) is 2.60. The van der Waals surface area contributed by atoms with Crippen molar-refractivity contribution in [3.05, 3.63) is 58.9 Å². The highest BCUT2D eigenvalue weighted by Crippen LogP contribution is 2.20. The van der Waals surface area contributed by atoms with E-state index in [1.165, 1.54) is 6.07 Å². The first-order valence-corrected chi connectivity index (χ1v) is 6.61. The molecule has 2 aromatic carbocycles. The maximum Gasteiger partial charge on any atom is 0.257 e. The average molecular weight is 323 g/mol. The minimum Gasteiger partial charge on any atom is -0.484 e. The smallest absolute Gasteiger partial charge is 0.257 e. The first-order valence-electron chi connectivity index (χ1n) is 6.23. The molecule has 0 aromatic heterocycles. The van der Waals surface area contributed by atoms with Crippen molar-refractivity contribution >= 4 is 29.1 Å². The van der Waals surface area contributed by atoms with Crippen LogP contribution in [0.25, 0.3) is 0 Å². The monoisotopic (exact) mass is 322 g/mol. The number of nitrogens with one attached hydrogen (secondary N) is 1. The summed E-state index contributed by atoms with van der Waals surface area (Å²) in [6, 6.07) is 9.85. The molecular weight excluding hydrogens is 311 g/mol. The number of anilines is 1. The predicted molar refractivity (Wildman–Crippen MR) is 80.5 cm³/mol. The van der Waals surface area contributed by atoms with Gasteiger partial charge in [-0.05, 0) is 42.5 Å². The summed E-state index contributed by atoms with van der Waals surface area (Å²) in [5, 5.41) is 2.64. The second kappa shape index (κ2) is 6.91. The fourth-order valence-electron chi connectivity index (χ4n) is 1.66. The van der Waals surface area contributed by atoms with E-state index in [-0.39, 0.29) is 17.2 Å². The lowest BCUT2D eigenvalue weighted by molar-refractivity contribution is -0.119. The van der Waals surface area contributed by atoms with Crippen LogP contribution in [0, 0.1) is 5.82 Å². The van der Waals surface area contributed by atoms with E-state index in [9.17, 15) is 14.0 Å². The number of halogens is 2. The minimum atomic E-state index is -0.580. The zero-order valence-corrected chi connectivity index (χ0v) is 12.1. The van der Waals surface area contributed by atoms with Crippen molar-refractivity contribution in [1.29, 1.82) is 0 Å². The maximum atomic E-state index is 12.9. The Morgan fingerprint density at radius 2 is 1.86 bits per heavy atom. The van der Waals surface area contributed by atoms with Gasteiger partial charge in [0.25, 0.3) is 11.8 Å². The lowest BCUT2D eigenvalue weighted by Gasteiger charge is -2.08. The molecule has 0 atom stereocenters. The molecule has 2 aromatic rings. The summed E-state index contributed by atoms with van der Waals surface area (Å²) in [4.78, 5) is 22.6. The van der Waals surface area contributed by atoms with Gasteiger partial charge in [0, 0.05) is 5.69 Å². The van der Waals surface area contributed by atoms with Gasteiger partial charge < -0.3 is 15.8 Å². The molecule has 2 amide bonds. The van der Waals surface area contributed by atoms with Gasteiger partial charge in [0.2, 0.25) is 0 Å². The number of amides is 2. The van der Waals surface area contributed by atoms with Crippen molar-refractivity contribution in [2.45, 2.75) is 0 Å². The number of primary amides is 1. The van der Waals surface area contributed by atoms with Crippen molar-refractivity contribution in [3.8, 4) is 5.75 Å². The molecule has 0 unspecified atom stereocenters. The quantitative estimate of drug-likeness (QED) is 0.887.